The summed E-state index contributed by atoms with van der Waals surface area (Å²) < 4.78 is 18.8. The van der Waals surface area contributed by atoms with Gasteiger partial charge in [-0.15, -0.1) is 0 Å². The van der Waals surface area contributed by atoms with Crippen molar-refractivity contribution in [3.05, 3.63) is 58.3 Å². The summed E-state index contributed by atoms with van der Waals surface area (Å²) in [5.41, 5.74) is 0.0497. The Morgan fingerprint density at radius 2 is 1.89 bits per heavy atom. The molecule has 92 valence electrons. The van der Waals surface area contributed by atoms with Gasteiger partial charge < -0.3 is 9.84 Å². The molecule has 0 aliphatic rings. The molecule has 0 aliphatic carbocycles. The summed E-state index contributed by atoms with van der Waals surface area (Å²) in [6.45, 7) is 0. The van der Waals surface area contributed by atoms with Crippen LogP contribution in [0.4, 0.5) is 4.39 Å². The van der Waals surface area contributed by atoms with Crippen molar-refractivity contribution in [3.63, 3.8) is 0 Å². The number of hydrogen-bond donors (Lipinski definition) is 1. The SMILES string of the molecule is O=C(O)c1ccccc1Oc1ccc(F)cc1Br. The number of carboxylic acids is 1. The third kappa shape index (κ3) is 2.68. The number of ether oxygens (including phenoxy) is 1. The molecule has 0 amide bonds. The maximum atomic E-state index is 12.9. The quantitative estimate of drug-likeness (QED) is 0.929. The Morgan fingerprint density at radius 1 is 1.17 bits per heavy atom. The standard InChI is InChI=1S/C13H8BrFO3/c14-10-7-8(15)5-6-12(10)18-11-4-2-1-3-9(11)13(16)17/h1-7H,(H,16,17). The summed E-state index contributed by atoms with van der Waals surface area (Å²) >= 11 is 3.15. The van der Waals surface area contributed by atoms with Crippen LogP contribution in [0.5, 0.6) is 11.5 Å². The molecule has 2 rings (SSSR count). The first-order valence-corrected chi connectivity index (χ1v) is 5.82. The van der Waals surface area contributed by atoms with Gasteiger partial charge in [-0.3, -0.25) is 0 Å². The maximum Gasteiger partial charge on any atom is 0.339 e. The topological polar surface area (TPSA) is 46.5 Å². The number of benzene rings is 2. The highest BCUT2D eigenvalue weighted by Crippen LogP contribution is 2.31. The molecule has 1 N–H and O–H groups in total. The molecule has 0 saturated heterocycles. The molecule has 0 radical (unpaired) electrons. The van der Waals surface area contributed by atoms with Crippen LogP contribution in [0.2, 0.25) is 0 Å². The van der Waals surface area contributed by atoms with E-state index < -0.39 is 11.8 Å². The molecule has 18 heavy (non-hydrogen) atoms. The van der Waals surface area contributed by atoms with Gasteiger partial charge in [-0.05, 0) is 46.3 Å². The van der Waals surface area contributed by atoms with Crippen molar-refractivity contribution in [2.24, 2.45) is 0 Å². The van der Waals surface area contributed by atoms with Crippen LogP contribution < -0.4 is 4.74 Å². The minimum Gasteiger partial charge on any atom is -0.478 e. The molecule has 0 aromatic heterocycles. The van der Waals surface area contributed by atoms with E-state index in [1.807, 2.05) is 0 Å². The molecule has 2 aromatic rings. The summed E-state index contributed by atoms with van der Waals surface area (Å²) in [5, 5.41) is 9.01. The zero-order valence-electron chi connectivity index (χ0n) is 9.06. The van der Waals surface area contributed by atoms with E-state index in [0.29, 0.717) is 10.2 Å². The van der Waals surface area contributed by atoms with Gasteiger partial charge in [-0.1, -0.05) is 12.1 Å². The van der Waals surface area contributed by atoms with Gasteiger partial charge in [0.25, 0.3) is 0 Å². The lowest BCUT2D eigenvalue weighted by Crippen LogP contribution is -1.99. The minimum absolute atomic E-state index is 0.0497. The van der Waals surface area contributed by atoms with Crippen molar-refractivity contribution >= 4 is 21.9 Å². The number of carboxylic acid groups (broad SMARTS) is 1. The van der Waals surface area contributed by atoms with Crippen LogP contribution in [0.25, 0.3) is 0 Å². The second-order valence-electron chi connectivity index (χ2n) is 3.48. The molecule has 0 fully saturated rings. The fraction of sp³-hybridized carbons (Fsp3) is 0. The molecule has 0 spiro atoms. The van der Waals surface area contributed by atoms with Crippen molar-refractivity contribution < 1.29 is 19.0 Å². The summed E-state index contributed by atoms with van der Waals surface area (Å²) in [5.74, 6) is -0.924. The second kappa shape index (κ2) is 5.18. The van der Waals surface area contributed by atoms with E-state index in [2.05, 4.69) is 15.9 Å². The summed E-state index contributed by atoms with van der Waals surface area (Å²) in [6, 6.07) is 10.2. The predicted molar refractivity (Wildman–Crippen MR) is 67.6 cm³/mol. The number of para-hydroxylation sites is 1. The van der Waals surface area contributed by atoms with Gasteiger partial charge in [0.2, 0.25) is 0 Å². The average Bonchev–Trinajstić information content (AvgIpc) is 2.33. The fourth-order valence-electron chi connectivity index (χ4n) is 1.41. The first-order chi connectivity index (χ1) is 8.58. The van der Waals surface area contributed by atoms with E-state index in [0.717, 1.165) is 0 Å². The number of hydrogen-bond acceptors (Lipinski definition) is 2. The summed E-state index contributed by atoms with van der Waals surface area (Å²) in [7, 11) is 0. The van der Waals surface area contributed by atoms with E-state index >= 15 is 0 Å². The van der Waals surface area contributed by atoms with Crippen LogP contribution in [0, 0.1) is 5.82 Å². The van der Waals surface area contributed by atoms with E-state index in [4.69, 9.17) is 9.84 Å². The van der Waals surface area contributed by atoms with Gasteiger partial charge >= 0.3 is 5.97 Å². The Balaban J connectivity index is 2.37. The van der Waals surface area contributed by atoms with Gasteiger partial charge in [-0.25, -0.2) is 9.18 Å². The van der Waals surface area contributed by atoms with E-state index in [1.54, 1.807) is 18.2 Å². The minimum atomic E-state index is -1.08. The highest BCUT2D eigenvalue weighted by molar-refractivity contribution is 9.10. The Morgan fingerprint density at radius 3 is 2.56 bits per heavy atom. The van der Waals surface area contributed by atoms with Crippen LogP contribution in [0.1, 0.15) is 10.4 Å². The van der Waals surface area contributed by atoms with Crippen LogP contribution in [0.3, 0.4) is 0 Å². The third-order valence-corrected chi connectivity index (χ3v) is 2.85. The molecule has 0 heterocycles. The van der Waals surface area contributed by atoms with Gasteiger partial charge in [0, 0.05) is 0 Å². The van der Waals surface area contributed by atoms with Gasteiger partial charge in [0.1, 0.15) is 22.9 Å². The van der Waals surface area contributed by atoms with Gasteiger partial charge in [0.15, 0.2) is 0 Å². The average molecular weight is 311 g/mol. The predicted octanol–water partition coefficient (Wildman–Crippen LogP) is 4.08. The Kier molecular flexibility index (Phi) is 3.62. The van der Waals surface area contributed by atoms with Crippen LogP contribution >= 0.6 is 15.9 Å². The zero-order valence-corrected chi connectivity index (χ0v) is 10.6. The monoisotopic (exact) mass is 310 g/mol. The largest absolute Gasteiger partial charge is 0.478 e. The highest BCUT2D eigenvalue weighted by Gasteiger charge is 2.12. The molecular formula is C13H8BrFO3. The molecule has 0 atom stereocenters. The van der Waals surface area contributed by atoms with E-state index in [1.165, 1.54) is 24.3 Å². The van der Waals surface area contributed by atoms with Gasteiger partial charge in [0.05, 0.1) is 4.47 Å². The molecule has 0 aliphatic heterocycles. The maximum absolute atomic E-state index is 12.9. The Bertz CT molecular complexity index is 599. The van der Waals surface area contributed by atoms with Crippen molar-refractivity contribution in [1.29, 1.82) is 0 Å². The van der Waals surface area contributed by atoms with Crippen molar-refractivity contribution in [2.75, 3.05) is 0 Å². The van der Waals surface area contributed by atoms with Crippen LogP contribution in [-0.4, -0.2) is 11.1 Å². The number of rotatable bonds is 3. The first-order valence-electron chi connectivity index (χ1n) is 5.03. The first kappa shape index (κ1) is 12.6. The lowest BCUT2D eigenvalue weighted by molar-refractivity contribution is 0.0694. The van der Waals surface area contributed by atoms with Crippen molar-refractivity contribution in [1.82, 2.24) is 0 Å². The molecule has 5 heteroatoms. The lowest BCUT2D eigenvalue weighted by atomic mass is 10.2. The van der Waals surface area contributed by atoms with Crippen LogP contribution in [-0.2, 0) is 0 Å². The zero-order chi connectivity index (χ0) is 13.1. The second-order valence-corrected chi connectivity index (χ2v) is 4.33. The van der Waals surface area contributed by atoms with Crippen molar-refractivity contribution in [2.45, 2.75) is 0 Å². The fourth-order valence-corrected chi connectivity index (χ4v) is 1.84. The highest BCUT2D eigenvalue weighted by atomic mass is 79.9. The smallest absolute Gasteiger partial charge is 0.339 e. The lowest BCUT2D eigenvalue weighted by Gasteiger charge is -2.09. The Hall–Kier alpha value is -1.88. The van der Waals surface area contributed by atoms with Gasteiger partial charge in [-0.2, -0.15) is 0 Å². The summed E-state index contributed by atoms with van der Waals surface area (Å²) in [4.78, 5) is 11.0. The normalized spacial score (nSPS) is 10.1. The number of halogens is 2. The molecule has 2 aromatic carbocycles. The molecular weight excluding hydrogens is 303 g/mol. The van der Waals surface area contributed by atoms with Crippen LogP contribution in [0.15, 0.2) is 46.9 Å². The summed E-state index contributed by atoms with van der Waals surface area (Å²) in [6.07, 6.45) is 0. The van der Waals surface area contributed by atoms with E-state index in [9.17, 15) is 9.18 Å². The third-order valence-electron chi connectivity index (χ3n) is 2.23. The van der Waals surface area contributed by atoms with Crippen molar-refractivity contribution in [3.8, 4) is 11.5 Å². The molecule has 3 nitrogen and oxygen atoms in total. The molecule has 0 saturated carbocycles. The molecule has 0 bridgehead atoms. The number of aromatic carboxylic acids is 1. The molecule has 0 unspecified atom stereocenters. The number of carbonyl (C=O) groups is 1. The Labute approximate surface area is 111 Å². The van der Waals surface area contributed by atoms with E-state index in [-0.39, 0.29) is 11.3 Å².